The van der Waals surface area contributed by atoms with Crippen LogP contribution in [0.5, 0.6) is 0 Å². The Labute approximate surface area is 110 Å². The molecule has 1 atom stereocenters. The zero-order valence-electron chi connectivity index (χ0n) is 11.4. The molecule has 1 fully saturated rings. The van der Waals surface area contributed by atoms with E-state index in [0.29, 0.717) is 0 Å². The van der Waals surface area contributed by atoms with Crippen molar-refractivity contribution in [2.45, 2.75) is 44.8 Å². The Morgan fingerprint density at radius 2 is 2.06 bits per heavy atom. The molecule has 1 aliphatic carbocycles. The zero-order valence-corrected chi connectivity index (χ0v) is 11.4. The van der Waals surface area contributed by atoms with Gasteiger partial charge in [-0.25, -0.2) is 0 Å². The predicted octanol–water partition coefficient (Wildman–Crippen LogP) is 3.08. The van der Waals surface area contributed by atoms with Crippen molar-refractivity contribution < 1.29 is 4.74 Å². The summed E-state index contributed by atoms with van der Waals surface area (Å²) in [5.74, 6) is 0.858. The predicted molar refractivity (Wildman–Crippen MR) is 73.6 cm³/mol. The van der Waals surface area contributed by atoms with Gasteiger partial charge in [-0.05, 0) is 50.2 Å². The van der Waals surface area contributed by atoms with Gasteiger partial charge in [0, 0.05) is 12.1 Å². The van der Waals surface area contributed by atoms with Gasteiger partial charge in [0.15, 0.2) is 0 Å². The smallest absolute Gasteiger partial charge is 0.0952 e. The van der Waals surface area contributed by atoms with Crippen LogP contribution in [0.1, 0.15) is 43.9 Å². The molecule has 1 aromatic carbocycles. The Hall–Kier alpha value is -0.860. The Morgan fingerprint density at radius 1 is 1.28 bits per heavy atom. The van der Waals surface area contributed by atoms with Gasteiger partial charge in [-0.15, -0.1) is 0 Å². The number of rotatable bonds is 4. The van der Waals surface area contributed by atoms with E-state index in [2.05, 4.69) is 43.4 Å². The molecular weight excluding hydrogens is 222 g/mol. The molecule has 2 heteroatoms. The van der Waals surface area contributed by atoms with Crippen LogP contribution in [0.4, 0.5) is 0 Å². The number of hydrogen-bond donors (Lipinski definition) is 1. The first-order valence-corrected chi connectivity index (χ1v) is 7.11. The molecule has 0 bridgehead atoms. The lowest BCUT2D eigenvalue weighted by Gasteiger charge is -2.32. The standard InChI is InChI=1S/C16H23NO/c1-16(2,13-7-8-13)17-11-15-14-6-4-3-5-12(14)9-10-18-15/h3-6,13,15,17H,7-11H2,1-2H3. The number of hydrogen-bond acceptors (Lipinski definition) is 2. The van der Waals surface area contributed by atoms with E-state index in [0.717, 1.165) is 25.5 Å². The van der Waals surface area contributed by atoms with Gasteiger partial charge in [0.1, 0.15) is 0 Å². The quantitative estimate of drug-likeness (QED) is 0.880. The maximum atomic E-state index is 5.94. The second-order valence-electron chi connectivity index (χ2n) is 6.19. The third-order valence-corrected chi connectivity index (χ3v) is 4.43. The van der Waals surface area contributed by atoms with Crippen LogP contribution in [0.15, 0.2) is 24.3 Å². The van der Waals surface area contributed by atoms with Crippen molar-refractivity contribution in [2.75, 3.05) is 13.2 Å². The highest BCUT2D eigenvalue weighted by atomic mass is 16.5. The van der Waals surface area contributed by atoms with Crippen LogP contribution in [0.25, 0.3) is 0 Å². The monoisotopic (exact) mass is 245 g/mol. The summed E-state index contributed by atoms with van der Waals surface area (Å²) in [6, 6.07) is 8.69. The molecule has 1 unspecified atom stereocenters. The second-order valence-corrected chi connectivity index (χ2v) is 6.19. The third-order valence-electron chi connectivity index (χ3n) is 4.43. The van der Waals surface area contributed by atoms with Gasteiger partial charge in [-0.2, -0.15) is 0 Å². The molecule has 0 amide bonds. The van der Waals surface area contributed by atoms with E-state index >= 15 is 0 Å². The second kappa shape index (κ2) is 4.67. The number of benzene rings is 1. The molecule has 1 saturated carbocycles. The molecule has 98 valence electrons. The van der Waals surface area contributed by atoms with E-state index < -0.39 is 0 Å². The fourth-order valence-electron chi connectivity index (χ4n) is 2.95. The first-order chi connectivity index (χ1) is 8.67. The van der Waals surface area contributed by atoms with Gasteiger partial charge < -0.3 is 10.1 Å². The van der Waals surface area contributed by atoms with Crippen LogP contribution >= 0.6 is 0 Å². The number of nitrogens with one attached hydrogen (secondary N) is 1. The van der Waals surface area contributed by atoms with Crippen molar-refractivity contribution in [2.24, 2.45) is 5.92 Å². The van der Waals surface area contributed by atoms with Gasteiger partial charge in [0.25, 0.3) is 0 Å². The summed E-state index contributed by atoms with van der Waals surface area (Å²) in [7, 11) is 0. The summed E-state index contributed by atoms with van der Waals surface area (Å²) in [6.07, 6.45) is 4.04. The summed E-state index contributed by atoms with van der Waals surface area (Å²) in [5, 5.41) is 3.71. The average Bonchev–Trinajstić information content (AvgIpc) is 3.21. The molecule has 1 N–H and O–H groups in total. The summed E-state index contributed by atoms with van der Waals surface area (Å²) in [5.41, 5.74) is 3.10. The van der Waals surface area contributed by atoms with E-state index in [1.54, 1.807) is 0 Å². The third kappa shape index (κ3) is 2.45. The van der Waals surface area contributed by atoms with Crippen molar-refractivity contribution in [3.63, 3.8) is 0 Å². The molecule has 1 heterocycles. The van der Waals surface area contributed by atoms with Crippen LogP contribution in [-0.2, 0) is 11.2 Å². The Bertz CT molecular complexity index is 423. The Morgan fingerprint density at radius 3 is 2.83 bits per heavy atom. The summed E-state index contributed by atoms with van der Waals surface area (Å²) < 4.78 is 5.94. The first-order valence-electron chi connectivity index (χ1n) is 7.11. The lowest BCUT2D eigenvalue weighted by molar-refractivity contribution is 0.0368. The molecule has 3 rings (SSSR count). The van der Waals surface area contributed by atoms with E-state index in [1.165, 1.54) is 24.0 Å². The molecule has 1 aromatic rings. The van der Waals surface area contributed by atoms with Crippen LogP contribution in [0, 0.1) is 5.92 Å². The maximum absolute atomic E-state index is 5.94. The molecule has 1 aliphatic heterocycles. The van der Waals surface area contributed by atoms with Gasteiger partial charge in [-0.1, -0.05) is 24.3 Å². The normalized spacial score (nSPS) is 23.8. The molecule has 18 heavy (non-hydrogen) atoms. The van der Waals surface area contributed by atoms with Crippen LogP contribution in [0.3, 0.4) is 0 Å². The summed E-state index contributed by atoms with van der Waals surface area (Å²) in [6.45, 7) is 6.42. The lowest BCUT2D eigenvalue weighted by atomic mass is 9.95. The highest BCUT2D eigenvalue weighted by molar-refractivity contribution is 5.31. The lowest BCUT2D eigenvalue weighted by Crippen LogP contribution is -2.44. The molecular formula is C16H23NO. The topological polar surface area (TPSA) is 21.3 Å². The van der Waals surface area contributed by atoms with Crippen molar-refractivity contribution in [3.05, 3.63) is 35.4 Å². The molecule has 2 aliphatic rings. The minimum Gasteiger partial charge on any atom is -0.372 e. The number of fused-ring (bicyclic) bond motifs is 1. The maximum Gasteiger partial charge on any atom is 0.0952 e. The molecule has 0 spiro atoms. The van der Waals surface area contributed by atoms with E-state index in [-0.39, 0.29) is 11.6 Å². The summed E-state index contributed by atoms with van der Waals surface area (Å²) >= 11 is 0. The summed E-state index contributed by atoms with van der Waals surface area (Å²) in [4.78, 5) is 0. The highest BCUT2D eigenvalue weighted by Gasteiger charge is 2.37. The minimum atomic E-state index is 0.230. The largest absolute Gasteiger partial charge is 0.372 e. The van der Waals surface area contributed by atoms with Gasteiger partial charge in [0.05, 0.1) is 12.7 Å². The highest BCUT2D eigenvalue weighted by Crippen LogP contribution is 2.39. The zero-order chi connectivity index (χ0) is 12.6. The van der Waals surface area contributed by atoms with Crippen molar-refractivity contribution in [1.82, 2.24) is 5.32 Å². The van der Waals surface area contributed by atoms with E-state index in [4.69, 9.17) is 4.74 Å². The van der Waals surface area contributed by atoms with Gasteiger partial charge in [-0.3, -0.25) is 0 Å². The van der Waals surface area contributed by atoms with Gasteiger partial charge >= 0.3 is 0 Å². The molecule has 2 nitrogen and oxygen atoms in total. The molecule has 0 aromatic heterocycles. The number of ether oxygens (including phenoxy) is 1. The molecule has 0 radical (unpaired) electrons. The van der Waals surface area contributed by atoms with Gasteiger partial charge in [0.2, 0.25) is 0 Å². The Balaban J connectivity index is 1.67. The van der Waals surface area contributed by atoms with Crippen molar-refractivity contribution in [1.29, 1.82) is 0 Å². The Kier molecular flexibility index (Phi) is 3.16. The SMILES string of the molecule is CC(C)(NCC1OCCc2ccccc21)C1CC1. The fourth-order valence-corrected chi connectivity index (χ4v) is 2.95. The van der Waals surface area contributed by atoms with Crippen LogP contribution in [-0.4, -0.2) is 18.7 Å². The fraction of sp³-hybridized carbons (Fsp3) is 0.625. The van der Waals surface area contributed by atoms with Crippen molar-refractivity contribution >= 4 is 0 Å². The van der Waals surface area contributed by atoms with Crippen molar-refractivity contribution in [3.8, 4) is 0 Å². The van der Waals surface area contributed by atoms with E-state index in [9.17, 15) is 0 Å². The van der Waals surface area contributed by atoms with Crippen LogP contribution in [0.2, 0.25) is 0 Å². The first kappa shape index (κ1) is 12.2. The minimum absolute atomic E-state index is 0.230. The average molecular weight is 245 g/mol. The van der Waals surface area contributed by atoms with Crippen LogP contribution < -0.4 is 5.32 Å². The van der Waals surface area contributed by atoms with E-state index in [1.807, 2.05) is 0 Å². The molecule has 0 saturated heterocycles.